The van der Waals surface area contributed by atoms with Gasteiger partial charge in [-0.05, 0) is 0 Å². The van der Waals surface area contributed by atoms with Crippen LogP contribution in [0, 0.1) is 11.3 Å². The second-order valence-corrected chi connectivity index (χ2v) is 11.2. The van der Waals surface area contributed by atoms with E-state index in [0.717, 1.165) is 37.7 Å². The molecule has 7 aromatic rings. The maximum atomic E-state index is 9.15. The van der Waals surface area contributed by atoms with Crippen LogP contribution >= 0.6 is 0 Å². The van der Waals surface area contributed by atoms with Gasteiger partial charge in [-0.25, -0.2) is 0 Å². The molecule has 6 heteroatoms. The normalized spacial score (nSPS) is 11.1. The predicted octanol–water partition coefficient (Wildman–Crippen LogP) is 7.17. The standard InChI is InChI=1S/C33H19N5Se/c34-20-21-11-13-25(14-12-21)33-35-28-18-17-22-15-16-26(19-27(22)29(28)39-33)32-37-30(23-7-3-1-4-8-23)36-31(38-32)24-9-5-2-6-10-24/h1-19H. The summed E-state index contributed by atoms with van der Waals surface area (Å²) >= 11 is 0.0329. The molecule has 2 aromatic heterocycles. The molecule has 182 valence electrons. The van der Waals surface area contributed by atoms with Crippen molar-refractivity contribution < 1.29 is 0 Å². The van der Waals surface area contributed by atoms with Crippen molar-refractivity contribution in [3.63, 3.8) is 0 Å². The first-order valence-electron chi connectivity index (χ1n) is 12.5. The third kappa shape index (κ3) is 4.40. The fraction of sp³-hybridized carbons (Fsp3) is 0. The summed E-state index contributed by atoms with van der Waals surface area (Å²) < 4.78 is 2.32. The predicted molar refractivity (Wildman–Crippen MR) is 156 cm³/mol. The Morgan fingerprint density at radius 3 is 1.72 bits per heavy atom. The van der Waals surface area contributed by atoms with E-state index in [1.54, 1.807) is 0 Å². The van der Waals surface area contributed by atoms with E-state index in [0.29, 0.717) is 23.0 Å². The van der Waals surface area contributed by atoms with Crippen LogP contribution in [-0.2, 0) is 0 Å². The molecular formula is C33H19N5Se. The molecule has 7 rings (SSSR count). The minimum atomic E-state index is 0.0329. The van der Waals surface area contributed by atoms with Crippen LogP contribution < -0.4 is 0 Å². The Hall–Kier alpha value is -4.95. The first-order chi connectivity index (χ1) is 19.2. The van der Waals surface area contributed by atoms with Crippen molar-refractivity contribution in [1.29, 1.82) is 5.26 Å². The number of nitriles is 1. The Bertz CT molecular complexity index is 1950. The average Bonchev–Trinajstić information content (AvgIpc) is 3.47. The van der Waals surface area contributed by atoms with Crippen LogP contribution in [-0.4, -0.2) is 34.4 Å². The molecule has 0 aliphatic rings. The van der Waals surface area contributed by atoms with Gasteiger partial charge in [-0.2, -0.15) is 0 Å². The summed E-state index contributed by atoms with van der Waals surface area (Å²) in [6, 6.07) is 40.5. The molecule has 0 aliphatic heterocycles. The molecule has 0 saturated carbocycles. The number of benzene rings is 5. The van der Waals surface area contributed by atoms with Crippen molar-refractivity contribution in [2.24, 2.45) is 0 Å². The molecule has 39 heavy (non-hydrogen) atoms. The van der Waals surface area contributed by atoms with Crippen molar-refractivity contribution in [3.8, 4) is 50.4 Å². The molecule has 0 saturated heterocycles. The molecule has 0 unspecified atom stereocenters. The van der Waals surface area contributed by atoms with Crippen LogP contribution in [0.2, 0.25) is 0 Å². The van der Waals surface area contributed by atoms with E-state index >= 15 is 0 Å². The molecule has 0 atom stereocenters. The molecule has 0 radical (unpaired) electrons. The molecule has 0 aliphatic carbocycles. The van der Waals surface area contributed by atoms with Crippen molar-refractivity contribution in [1.82, 2.24) is 19.9 Å². The van der Waals surface area contributed by atoms with Gasteiger partial charge in [0.15, 0.2) is 0 Å². The van der Waals surface area contributed by atoms with E-state index in [1.807, 2.05) is 84.9 Å². The van der Waals surface area contributed by atoms with E-state index in [2.05, 4.69) is 36.4 Å². The first-order valence-corrected chi connectivity index (χ1v) is 14.2. The molecule has 5 aromatic carbocycles. The summed E-state index contributed by atoms with van der Waals surface area (Å²) in [5.41, 5.74) is 5.55. The van der Waals surface area contributed by atoms with Gasteiger partial charge in [-0.1, -0.05) is 0 Å². The van der Waals surface area contributed by atoms with Crippen LogP contribution in [0.15, 0.2) is 115 Å². The van der Waals surface area contributed by atoms with E-state index in [-0.39, 0.29) is 14.5 Å². The zero-order valence-corrected chi connectivity index (χ0v) is 22.3. The Kier molecular flexibility index (Phi) is 5.79. The summed E-state index contributed by atoms with van der Waals surface area (Å²) in [6.07, 6.45) is 0. The molecule has 0 fully saturated rings. The van der Waals surface area contributed by atoms with E-state index < -0.39 is 0 Å². The molecular weight excluding hydrogens is 545 g/mol. The fourth-order valence-corrected chi connectivity index (χ4v) is 6.89. The number of nitrogens with zero attached hydrogens (tertiary/aromatic N) is 5. The number of rotatable bonds is 4. The Labute approximate surface area is 230 Å². The summed E-state index contributed by atoms with van der Waals surface area (Å²) in [5.74, 6) is 1.93. The topological polar surface area (TPSA) is 75.3 Å². The second-order valence-electron chi connectivity index (χ2n) is 9.10. The van der Waals surface area contributed by atoms with Crippen LogP contribution in [0.4, 0.5) is 0 Å². The van der Waals surface area contributed by atoms with E-state index in [9.17, 15) is 0 Å². The van der Waals surface area contributed by atoms with Gasteiger partial charge in [-0.3, -0.25) is 0 Å². The quantitative estimate of drug-likeness (QED) is 0.212. The van der Waals surface area contributed by atoms with Crippen molar-refractivity contribution in [2.75, 3.05) is 0 Å². The first kappa shape index (κ1) is 23.2. The van der Waals surface area contributed by atoms with E-state index in [1.165, 1.54) is 9.65 Å². The van der Waals surface area contributed by atoms with Crippen LogP contribution in [0.3, 0.4) is 0 Å². The van der Waals surface area contributed by atoms with Gasteiger partial charge < -0.3 is 0 Å². The Morgan fingerprint density at radius 1 is 0.538 bits per heavy atom. The third-order valence-electron chi connectivity index (χ3n) is 6.59. The minimum absolute atomic E-state index is 0.0329. The van der Waals surface area contributed by atoms with Gasteiger partial charge in [0.05, 0.1) is 0 Å². The van der Waals surface area contributed by atoms with Gasteiger partial charge >= 0.3 is 231 Å². The number of aromatic nitrogens is 4. The summed E-state index contributed by atoms with van der Waals surface area (Å²) in [7, 11) is 0. The monoisotopic (exact) mass is 565 g/mol. The number of hydrogen-bond donors (Lipinski definition) is 0. The number of hydrogen-bond acceptors (Lipinski definition) is 5. The fourth-order valence-electron chi connectivity index (χ4n) is 4.59. The average molecular weight is 565 g/mol. The molecule has 0 bridgehead atoms. The summed E-state index contributed by atoms with van der Waals surface area (Å²) in [4.78, 5) is 19.6. The van der Waals surface area contributed by atoms with Crippen LogP contribution in [0.5, 0.6) is 0 Å². The van der Waals surface area contributed by atoms with Gasteiger partial charge in [-0.15, -0.1) is 0 Å². The van der Waals surface area contributed by atoms with Gasteiger partial charge in [0.25, 0.3) is 0 Å². The molecule has 5 nitrogen and oxygen atoms in total. The zero-order valence-electron chi connectivity index (χ0n) is 20.6. The Balaban J connectivity index is 1.39. The van der Waals surface area contributed by atoms with Gasteiger partial charge in [0.1, 0.15) is 0 Å². The molecule has 0 amide bonds. The molecule has 0 N–H and O–H groups in total. The third-order valence-corrected chi connectivity index (χ3v) is 9.01. The van der Waals surface area contributed by atoms with Gasteiger partial charge in [0, 0.05) is 0 Å². The summed E-state index contributed by atoms with van der Waals surface area (Å²) in [5, 5.41) is 11.5. The molecule has 2 heterocycles. The molecule has 0 spiro atoms. The number of fused-ring (bicyclic) bond motifs is 3. The second kappa shape index (κ2) is 9.74. The maximum absolute atomic E-state index is 9.15. The van der Waals surface area contributed by atoms with Gasteiger partial charge in [0.2, 0.25) is 0 Å². The Morgan fingerprint density at radius 2 is 1.10 bits per heavy atom. The zero-order chi connectivity index (χ0) is 26.2. The SMILES string of the molecule is N#Cc1ccc(-c2nc3ccc4ccc(-c5nc(-c6ccccc6)nc(-c6ccccc6)n5)cc4c3[se]2)cc1. The van der Waals surface area contributed by atoms with Crippen molar-refractivity contribution in [2.45, 2.75) is 0 Å². The van der Waals surface area contributed by atoms with E-state index in [4.69, 9.17) is 25.2 Å². The van der Waals surface area contributed by atoms with Crippen LogP contribution in [0.25, 0.3) is 64.8 Å². The van der Waals surface area contributed by atoms with Crippen LogP contribution in [0.1, 0.15) is 5.56 Å². The van der Waals surface area contributed by atoms with Crippen molar-refractivity contribution in [3.05, 3.63) is 121 Å². The summed E-state index contributed by atoms with van der Waals surface area (Å²) in [6.45, 7) is 0. The van der Waals surface area contributed by atoms with Crippen molar-refractivity contribution >= 4 is 35.1 Å².